The Morgan fingerprint density at radius 1 is 1.11 bits per heavy atom. The Bertz CT molecular complexity index is 1270. The number of hydrogen-bond donors (Lipinski definition) is 3. The summed E-state index contributed by atoms with van der Waals surface area (Å²) in [5, 5.41) is 8.97. The first-order valence-electron chi connectivity index (χ1n) is 12.9. The predicted molar refractivity (Wildman–Crippen MR) is 142 cm³/mol. The van der Waals surface area contributed by atoms with Gasteiger partial charge < -0.3 is 24.9 Å². The summed E-state index contributed by atoms with van der Waals surface area (Å²) in [5.74, 6) is 2.04. The molecule has 2 aromatic heterocycles. The Balaban J connectivity index is 1.26. The number of methoxy groups -OCH3 is 1. The van der Waals surface area contributed by atoms with Crippen molar-refractivity contribution in [3.63, 3.8) is 0 Å². The summed E-state index contributed by atoms with van der Waals surface area (Å²) < 4.78 is 19.5. The van der Waals surface area contributed by atoms with Crippen LogP contribution in [0.15, 0.2) is 24.4 Å². The van der Waals surface area contributed by atoms with Crippen molar-refractivity contribution in [3.05, 3.63) is 30.0 Å². The zero-order valence-corrected chi connectivity index (χ0v) is 21.5. The molecule has 0 atom stereocenters. The highest BCUT2D eigenvalue weighted by Gasteiger charge is 2.37. The van der Waals surface area contributed by atoms with E-state index >= 15 is 0 Å². The molecular formula is C26H35N6O2P. The van der Waals surface area contributed by atoms with E-state index in [4.69, 9.17) is 14.7 Å². The van der Waals surface area contributed by atoms with Crippen molar-refractivity contribution in [2.45, 2.75) is 57.5 Å². The molecule has 1 aliphatic heterocycles. The number of nitrogens with zero attached hydrogens (tertiary/aromatic N) is 3. The van der Waals surface area contributed by atoms with Crippen LogP contribution in [0.1, 0.15) is 44.1 Å². The average Bonchev–Trinajstić information content (AvgIpc) is 3.46. The quantitative estimate of drug-likeness (QED) is 0.405. The summed E-state index contributed by atoms with van der Waals surface area (Å²) in [4.78, 5) is 15.4. The molecular weight excluding hydrogens is 459 g/mol. The molecule has 3 heterocycles. The lowest BCUT2D eigenvalue weighted by atomic mass is 10.2. The summed E-state index contributed by atoms with van der Waals surface area (Å²) in [6, 6.07) is 7.09. The van der Waals surface area contributed by atoms with Gasteiger partial charge in [-0.1, -0.05) is 12.8 Å². The molecule has 186 valence electrons. The summed E-state index contributed by atoms with van der Waals surface area (Å²) in [5.41, 5.74) is 2.71. The molecule has 8 nitrogen and oxygen atoms in total. The number of aryl methyl sites for hydroxylation is 1. The van der Waals surface area contributed by atoms with E-state index in [1.54, 1.807) is 7.11 Å². The third-order valence-electron chi connectivity index (χ3n) is 7.89. The van der Waals surface area contributed by atoms with Crippen LogP contribution in [0.4, 0.5) is 17.5 Å². The average molecular weight is 495 g/mol. The van der Waals surface area contributed by atoms with E-state index in [9.17, 15) is 4.57 Å². The molecule has 3 aliphatic rings. The Hall–Kier alpha value is -2.57. The van der Waals surface area contributed by atoms with Crippen molar-refractivity contribution in [1.29, 1.82) is 0 Å². The van der Waals surface area contributed by atoms with Gasteiger partial charge in [-0.05, 0) is 56.4 Å². The maximum Gasteiger partial charge on any atom is 0.231 e. The lowest BCUT2D eigenvalue weighted by Gasteiger charge is -2.32. The second kappa shape index (κ2) is 9.14. The molecule has 6 rings (SSSR count). The predicted octanol–water partition coefficient (Wildman–Crippen LogP) is 4.84. The van der Waals surface area contributed by atoms with Gasteiger partial charge in [-0.25, -0.2) is 0 Å². The highest BCUT2D eigenvalue weighted by molar-refractivity contribution is 7.71. The van der Waals surface area contributed by atoms with Gasteiger partial charge in [0.1, 0.15) is 24.4 Å². The number of H-pyrrole nitrogens is 1. The van der Waals surface area contributed by atoms with E-state index in [1.807, 2.05) is 24.4 Å². The SMILES string of the molecule is COc1cc(P2(=O)CCN(C3CC3)CC2)ccc1Nc1nc(NC2CCCC2)c2c(C)c[nH]c2n1. The number of anilines is 3. The number of fused-ring (bicyclic) bond motifs is 1. The number of nitrogens with one attached hydrogen (secondary N) is 3. The third-order valence-corrected chi connectivity index (χ3v) is 11.0. The molecule has 2 saturated carbocycles. The van der Waals surface area contributed by atoms with Gasteiger partial charge in [0.15, 0.2) is 0 Å². The van der Waals surface area contributed by atoms with Crippen LogP contribution in [0.3, 0.4) is 0 Å². The van der Waals surface area contributed by atoms with Crippen LogP contribution in [0.5, 0.6) is 5.75 Å². The number of benzene rings is 1. The van der Waals surface area contributed by atoms with Gasteiger partial charge in [0.05, 0.1) is 18.2 Å². The zero-order chi connectivity index (χ0) is 24.0. The summed E-state index contributed by atoms with van der Waals surface area (Å²) in [6.45, 7) is 3.95. The summed E-state index contributed by atoms with van der Waals surface area (Å²) in [7, 11) is -0.754. The first-order valence-corrected chi connectivity index (χ1v) is 15.0. The standard InChI is InChI=1S/C26H35N6O2P/c1-17-16-27-24-23(17)25(28-18-5-3-4-6-18)31-26(30-24)29-21-10-9-20(15-22(21)34-2)35(33)13-11-32(12-14-35)19-7-8-19/h9-10,15-16,18-19H,3-8,11-14H2,1-2H3,(H3,27,28,29,30,31). The van der Waals surface area contributed by atoms with E-state index in [0.717, 1.165) is 64.9 Å². The van der Waals surface area contributed by atoms with Gasteiger partial charge in [0.25, 0.3) is 0 Å². The van der Waals surface area contributed by atoms with Crippen molar-refractivity contribution < 1.29 is 9.30 Å². The fraction of sp³-hybridized carbons (Fsp3) is 0.538. The van der Waals surface area contributed by atoms with Crippen LogP contribution in [0.25, 0.3) is 11.0 Å². The maximum absolute atomic E-state index is 13.8. The minimum absolute atomic E-state index is 0.451. The molecule has 3 N–H and O–H groups in total. The zero-order valence-electron chi connectivity index (χ0n) is 20.6. The van der Waals surface area contributed by atoms with E-state index in [0.29, 0.717) is 17.7 Å². The summed E-state index contributed by atoms with van der Waals surface area (Å²) in [6.07, 6.45) is 10.9. The third kappa shape index (κ3) is 4.54. The fourth-order valence-electron chi connectivity index (χ4n) is 5.64. The van der Waals surface area contributed by atoms with Crippen LogP contribution >= 0.6 is 7.14 Å². The minimum atomic E-state index is -2.41. The molecule has 0 spiro atoms. The highest BCUT2D eigenvalue weighted by Crippen LogP contribution is 2.49. The second-order valence-corrected chi connectivity index (χ2v) is 13.5. The van der Waals surface area contributed by atoms with Crippen molar-refractivity contribution >= 4 is 40.9 Å². The van der Waals surface area contributed by atoms with E-state index in [1.165, 1.54) is 38.5 Å². The lowest BCUT2D eigenvalue weighted by Crippen LogP contribution is -2.38. The van der Waals surface area contributed by atoms with E-state index in [2.05, 4.69) is 27.4 Å². The Kier molecular flexibility index (Phi) is 5.97. The van der Waals surface area contributed by atoms with Gasteiger partial charge in [-0.2, -0.15) is 9.97 Å². The molecule has 1 aromatic carbocycles. The van der Waals surface area contributed by atoms with E-state index in [-0.39, 0.29) is 0 Å². The van der Waals surface area contributed by atoms with Crippen LogP contribution in [0, 0.1) is 6.92 Å². The molecule has 0 radical (unpaired) electrons. The van der Waals surface area contributed by atoms with Gasteiger partial charge in [-0.15, -0.1) is 0 Å². The molecule has 9 heteroatoms. The van der Waals surface area contributed by atoms with Gasteiger partial charge in [-0.3, -0.25) is 4.90 Å². The molecule has 0 bridgehead atoms. The van der Waals surface area contributed by atoms with Gasteiger partial charge in [0.2, 0.25) is 5.95 Å². The molecule has 0 amide bonds. The molecule has 1 saturated heterocycles. The minimum Gasteiger partial charge on any atom is -0.495 e. The van der Waals surface area contributed by atoms with Crippen molar-refractivity contribution in [1.82, 2.24) is 19.9 Å². The number of rotatable bonds is 7. The number of hydrogen-bond acceptors (Lipinski definition) is 7. The Morgan fingerprint density at radius 2 is 1.89 bits per heavy atom. The first kappa shape index (κ1) is 22.9. The van der Waals surface area contributed by atoms with Crippen LogP contribution in [-0.4, -0.2) is 64.5 Å². The molecule has 0 unspecified atom stereocenters. The summed E-state index contributed by atoms with van der Waals surface area (Å²) >= 11 is 0. The van der Waals surface area contributed by atoms with Crippen molar-refractivity contribution in [3.8, 4) is 5.75 Å². The Morgan fingerprint density at radius 3 is 2.60 bits per heavy atom. The number of ether oxygens (including phenoxy) is 1. The topological polar surface area (TPSA) is 95.2 Å². The first-order chi connectivity index (χ1) is 17.0. The fourth-order valence-corrected chi connectivity index (χ4v) is 8.23. The van der Waals surface area contributed by atoms with Crippen LogP contribution in [-0.2, 0) is 4.57 Å². The van der Waals surface area contributed by atoms with Crippen molar-refractivity contribution in [2.24, 2.45) is 0 Å². The monoisotopic (exact) mass is 494 g/mol. The molecule has 35 heavy (non-hydrogen) atoms. The molecule has 2 aliphatic carbocycles. The van der Waals surface area contributed by atoms with Gasteiger partial charge in [0, 0.05) is 49.0 Å². The highest BCUT2D eigenvalue weighted by atomic mass is 31.2. The van der Waals surface area contributed by atoms with Gasteiger partial charge >= 0.3 is 0 Å². The van der Waals surface area contributed by atoms with Crippen LogP contribution in [0.2, 0.25) is 0 Å². The normalized spacial score (nSPS) is 20.9. The second-order valence-electron chi connectivity index (χ2n) is 10.3. The lowest BCUT2D eigenvalue weighted by molar-refractivity contribution is 0.285. The smallest absolute Gasteiger partial charge is 0.231 e. The van der Waals surface area contributed by atoms with Crippen LogP contribution < -0.4 is 20.7 Å². The molecule has 3 fully saturated rings. The largest absolute Gasteiger partial charge is 0.495 e. The molecule has 3 aromatic rings. The Labute approximate surface area is 206 Å². The van der Waals surface area contributed by atoms with Crippen molar-refractivity contribution in [2.75, 3.05) is 43.2 Å². The maximum atomic E-state index is 13.8. The number of aromatic nitrogens is 3. The van der Waals surface area contributed by atoms with E-state index < -0.39 is 7.14 Å². The number of aromatic amines is 1.